The molecule has 0 fully saturated rings. The number of nitrogens with zero attached hydrogens (tertiary/aromatic N) is 1. The van der Waals surface area contributed by atoms with Crippen molar-refractivity contribution in [2.75, 3.05) is 17.7 Å². The third-order valence-electron chi connectivity index (χ3n) is 4.68. The number of anilines is 2. The van der Waals surface area contributed by atoms with Gasteiger partial charge in [0.2, 0.25) is 0 Å². The van der Waals surface area contributed by atoms with Crippen molar-refractivity contribution in [3.05, 3.63) is 84.2 Å². The van der Waals surface area contributed by atoms with E-state index in [9.17, 15) is 4.79 Å². The standard InChI is InChI=1S/C23H22N4O2/c1-29-18-13-11-17(12-14-18)24-23(28)27-19-7-3-2-6-16(19)10-15-22-25-20-8-4-5-9-21(20)26-22/h2-9,11-14H,10,15H2,1H3,(H,25,26)(H2,24,27,28). The molecule has 0 aliphatic rings. The van der Waals surface area contributed by atoms with E-state index in [2.05, 4.69) is 20.6 Å². The Hall–Kier alpha value is -3.80. The molecule has 3 aromatic carbocycles. The predicted octanol–water partition coefficient (Wildman–Crippen LogP) is 5.00. The van der Waals surface area contributed by atoms with E-state index in [1.807, 2.05) is 48.5 Å². The van der Waals surface area contributed by atoms with Gasteiger partial charge in [-0.15, -0.1) is 0 Å². The Morgan fingerprint density at radius 2 is 1.69 bits per heavy atom. The summed E-state index contributed by atoms with van der Waals surface area (Å²) in [6.07, 6.45) is 1.52. The van der Waals surface area contributed by atoms with E-state index < -0.39 is 0 Å². The number of urea groups is 1. The Morgan fingerprint density at radius 1 is 0.931 bits per heavy atom. The van der Waals surface area contributed by atoms with Crippen molar-refractivity contribution in [3.63, 3.8) is 0 Å². The zero-order valence-corrected chi connectivity index (χ0v) is 16.1. The molecule has 0 saturated heterocycles. The molecular weight excluding hydrogens is 364 g/mol. The summed E-state index contributed by atoms with van der Waals surface area (Å²) in [5.74, 6) is 1.68. The molecule has 3 N–H and O–H groups in total. The fraction of sp³-hybridized carbons (Fsp3) is 0.130. The number of carbonyl (C=O) groups excluding carboxylic acids is 1. The first-order valence-electron chi connectivity index (χ1n) is 9.45. The number of rotatable bonds is 6. The maximum Gasteiger partial charge on any atom is 0.323 e. The molecule has 4 rings (SSSR count). The van der Waals surface area contributed by atoms with Gasteiger partial charge in [-0.05, 0) is 54.4 Å². The Bertz CT molecular complexity index is 1090. The lowest BCUT2D eigenvalue weighted by Crippen LogP contribution is -2.20. The van der Waals surface area contributed by atoms with Gasteiger partial charge in [0.05, 0.1) is 18.1 Å². The van der Waals surface area contributed by atoms with Crippen LogP contribution in [0.5, 0.6) is 5.75 Å². The highest BCUT2D eigenvalue weighted by atomic mass is 16.5. The zero-order valence-electron chi connectivity index (χ0n) is 16.1. The summed E-state index contributed by atoms with van der Waals surface area (Å²) in [6.45, 7) is 0. The van der Waals surface area contributed by atoms with E-state index in [4.69, 9.17) is 4.74 Å². The Kier molecular flexibility index (Phi) is 5.42. The lowest BCUT2D eigenvalue weighted by Gasteiger charge is -2.12. The maximum absolute atomic E-state index is 12.4. The molecular formula is C23H22N4O2. The van der Waals surface area contributed by atoms with E-state index in [0.717, 1.165) is 46.7 Å². The second-order valence-electron chi connectivity index (χ2n) is 6.67. The second kappa shape index (κ2) is 8.48. The first-order valence-corrected chi connectivity index (χ1v) is 9.45. The van der Waals surface area contributed by atoms with Crippen LogP contribution < -0.4 is 15.4 Å². The summed E-state index contributed by atoms with van der Waals surface area (Å²) in [4.78, 5) is 20.4. The van der Waals surface area contributed by atoms with Crippen molar-refractivity contribution in [1.29, 1.82) is 0 Å². The van der Waals surface area contributed by atoms with E-state index in [1.54, 1.807) is 31.4 Å². The fourth-order valence-corrected chi connectivity index (χ4v) is 3.20. The molecule has 0 bridgehead atoms. The van der Waals surface area contributed by atoms with Crippen LogP contribution in [0.25, 0.3) is 11.0 Å². The van der Waals surface area contributed by atoms with E-state index in [0.29, 0.717) is 5.69 Å². The summed E-state index contributed by atoms with van der Waals surface area (Å²) in [6, 6.07) is 22.7. The van der Waals surface area contributed by atoms with Crippen LogP contribution in [-0.4, -0.2) is 23.1 Å². The SMILES string of the molecule is COc1ccc(NC(=O)Nc2ccccc2CCc2nc3ccccc3[nH]2)cc1. The van der Waals surface area contributed by atoms with Gasteiger partial charge in [0.1, 0.15) is 11.6 Å². The number of methoxy groups -OCH3 is 1. The van der Waals surface area contributed by atoms with Gasteiger partial charge >= 0.3 is 6.03 Å². The molecule has 0 aliphatic heterocycles. The van der Waals surface area contributed by atoms with Gasteiger partial charge in [0.15, 0.2) is 0 Å². The molecule has 0 aliphatic carbocycles. The van der Waals surface area contributed by atoms with Crippen molar-refractivity contribution in [2.45, 2.75) is 12.8 Å². The molecule has 0 saturated carbocycles. The number of benzene rings is 3. The highest BCUT2D eigenvalue weighted by Crippen LogP contribution is 2.20. The topological polar surface area (TPSA) is 79.0 Å². The average Bonchev–Trinajstić information content (AvgIpc) is 3.16. The smallest absolute Gasteiger partial charge is 0.323 e. The lowest BCUT2D eigenvalue weighted by molar-refractivity contribution is 0.262. The van der Waals surface area contributed by atoms with Gasteiger partial charge < -0.3 is 20.4 Å². The normalized spacial score (nSPS) is 10.7. The molecule has 1 aromatic heterocycles. The molecule has 6 heteroatoms. The van der Waals surface area contributed by atoms with Crippen LogP contribution in [0.1, 0.15) is 11.4 Å². The molecule has 146 valence electrons. The minimum atomic E-state index is -0.286. The number of aromatic amines is 1. The third kappa shape index (κ3) is 4.55. The molecule has 0 atom stereocenters. The van der Waals surface area contributed by atoms with Crippen LogP contribution in [0.15, 0.2) is 72.8 Å². The van der Waals surface area contributed by atoms with Gasteiger partial charge in [-0.3, -0.25) is 0 Å². The number of ether oxygens (including phenoxy) is 1. The van der Waals surface area contributed by atoms with Crippen molar-refractivity contribution in [2.24, 2.45) is 0 Å². The van der Waals surface area contributed by atoms with Crippen LogP contribution >= 0.6 is 0 Å². The van der Waals surface area contributed by atoms with Gasteiger partial charge in [-0.1, -0.05) is 30.3 Å². The third-order valence-corrected chi connectivity index (χ3v) is 4.68. The van der Waals surface area contributed by atoms with Crippen LogP contribution in [0.3, 0.4) is 0 Å². The highest BCUT2D eigenvalue weighted by Gasteiger charge is 2.09. The van der Waals surface area contributed by atoms with Crippen LogP contribution in [-0.2, 0) is 12.8 Å². The highest BCUT2D eigenvalue weighted by molar-refractivity contribution is 6.00. The number of fused-ring (bicyclic) bond motifs is 1. The van der Waals surface area contributed by atoms with Crippen molar-refractivity contribution < 1.29 is 9.53 Å². The number of aryl methyl sites for hydroxylation is 2. The number of nitrogens with one attached hydrogen (secondary N) is 3. The Labute approximate surface area is 168 Å². The van der Waals surface area contributed by atoms with E-state index in [1.165, 1.54) is 0 Å². The van der Waals surface area contributed by atoms with Crippen molar-refractivity contribution in [1.82, 2.24) is 9.97 Å². The summed E-state index contributed by atoms with van der Waals surface area (Å²) in [5, 5.41) is 5.77. The summed E-state index contributed by atoms with van der Waals surface area (Å²) in [7, 11) is 1.61. The van der Waals surface area contributed by atoms with Crippen LogP contribution in [0.4, 0.5) is 16.2 Å². The molecule has 1 heterocycles. The minimum absolute atomic E-state index is 0.286. The summed E-state index contributed by atoms with van der Waals surface area (Å²) in [5.41, 5.74) is 4.54. The number of carbonyl (C=O) groups is 1. The minimum Gasteiger partial charge on any atom is -0.497 e. The van der Waals surface area contributed by atoms with E-state index >= 15 is 0 Å². The molecule has 4 aromatic rings. The van der Waals surface area contributed by atoms with Crippen LogP contribution in [0.2, 0.25) is 0 Å². The number of imidazole rings is 1. The largest absolute Gasteiger partial charge is 0.497 e. The van der Waals surface area contributed by atoms with Gasteiger partial charge in [-0.2, -0.15) is 0 Å². The van der Waals surface area contributed by atoms with Crippen molar-refractivity contribution >= 4 is 28.4 Å². The molecule has 6 nitrogen and oxygen atoms in total. The number of H-pyrrole nitrogens is 1. The number of amides is 2. The van der Waals surface area contributed by atoms with E-state index in [-0.39, 0.29) is 6.03 Å². The molecule has 0 spiro atoms. The summed E-state index contributed by atoms with van der Waals surface area (Å²) >= 11 is 0. The fourth-order valence-electron chi connectivity index (χ4n) is 3.20. The number of hydrogen-bond acceptors (Lipinski definition) is 3. The zero-order chi connectivity index (χ0) is 20.1. The number of aromatic nitrogens is 2. The quantitative estimate of drug-likeness (QED) is 0.436. The van der Waals surface area contributed by atoms with Gasteiger partial charge in [0, 0.05) is 17.8 Å². The molecule has 0 radical (unpaired) electrons. The maximum atomic E-state index is 12.4. The number of hydrogen-bond donors (Lipinski definition) is 3. The lowest BCUT2D eigenvalue weighted by atomic mass is 10.1. The van der Waals surface area contributed by atoms with Gasteiger partial charge in [-0.25, -0.2) is 9.78 Å². The first kappa shape index (κ1) is 18.6. The molecule has 2 amide bonds. The van der Waals surface area contributed by atoms with Gasteiger partial charge in [0.25, 0.3) is 0 Å². The molecule has 29 heavy (non-hydrogen) atoms. The second-order valence-corrected chi connectivity index (χ2v) is 6.67. The Balaban J connectivity index is 1.41. The first-order chi connectivity index (χ1) is 14.2. The number of para-hydroxylation sites is 3. The van der Waals surface area contributed by atoms with Crippen molar-refractivity contribution in [3.8, 4) is 5.75 Å². The molecule has 0 unspecified atom stereocenters. The summed E-state index contributed by atoms with van der Waals surface area (Å²) < 4.78 is 5.13. The monoisotopic (exact) mass is 386 g/mol. The Morgan fingerprint density at radius 3 is 2.48 bits per heavy atom. The van der Waals surface area contributed by atoms with Crippen LogP contribution in [0, 0.1) is 0 Å². The average molecular weight is 386 g/mol. The predicted molar refractivity (Wildman–Crippen MR) is 116 cm³/mol.